The second-order valence-electron chi connectivity index (χ2n) is 3.06. The van der Waals surface area contributed by atoms with Gasteiger partial charge in [-0.2, -0.15) is 0 Å². The molecule has 1 aliphatic heterocycles. The Bertz CT molecular complexity index is 480. The lowest BCUT2D eigenvalue weighted by atomic mass is 10.4. The molecule has 1 aliphatic rings. The molecule has 1 atom stereocenters. The number of hydrogen-bond donors (Lipinski definition) is 1. The lowest BCUT2D eigenvalue weighted by Crippen LogP contribution is -2.27. The molecule has 0 aromatic heterocycles. The minimum atomic E-state index is -3.71. The van der Waals surface area contributed by atoms with Gasteiger partial charge in [0, 0.05) is 0 Å². The van der Waals surface area contributed by atoms with E-state index in [1.165, 1.54) is 12.1 Å². The molecule has 1 aromatic carbocycles. The molecular formula is C9H9NO4S. The molecule has 0 aliphatic carbocycles. The Morgan fingerprint density at radius 3 is 2.53 bits per heavy atom. The van der Waals surface area contributed by atoms with Gasteiger partial charge in [-0.3, -0.25) is 0 Å². The summed E-state index contributed by atoms with van der Waals surface area (Å²) < 4.78 is 23.7. The van der Waals surface area contributed by atoms with Crippen molar-refractivity contribution in [1.29, 1.82) is 0 Å². The largest absolute Gasteiger partial charge is 0.392 e. The standard InChI is InChI=1S/C9H9NO4S/c11-8-6-14-10-9(8)15(12,13)7-4-2-1-3-5-7/h1-5,8,11H,6H2/t8-/m1/s1. The summed E-state index contributed by atoms with van der Waals surface area (Å²) in [5.74, 6) is 0. The molecule has 0 saturated carbocycles. The Morgan fingerprint density at radius 1 is 1.33 bits per heavy atom. The number of benzene rings is 1. The number of nitrogens with zero attached hydrogens (tertiary/aromatic N) is 1. The number of aliphatic hydroxyl groups is 1. The monoisotopic (exact) mass is 227 g/mol. The van der Waals surface area contributed by atoms with Gasteiger partial charge in [-0.25, -0.2) is 8.42 Å². The first-order chi connectivity index (χ1) is 7.12. The summed E-state index contributed by atoms with van der Waals surface area (Å²) in [6.45, 7) is -0.110. The maximum atomic E-state index is 11.9. The van der Waals surface area contributed by atoms with Crippen LogP contribution in [0.25, 0.3) is 0 Å². The van der Waals surface area contributed by atoms with Crippen molar-refractivity contribution >= 4 is 14.9 Å². The molecule has 0 saturated heterocycles. The molecule has 0 fully saturated rings. The highest BCUT2D eigenvalue weighted by molar-refractivity contribution is 8.06. The Hall–Kier alpha value is -1.40. The second kappa shape index (κ2) is 3.63. The Kier molecular flexibility index (Phi) is 2.45. The summed E-state index contributed by atoms with van der Waals surface area (Å²) in [7, 11) is -3.71. The van der Waals surface area contributed by atoms with Crippen LogP contribution in [-0.4, -0.2) is 31.3 Å². The Balaban J connectivity index is 2.45. The van der Waals surface area contributed by atoms with Crippen molar-refractivity contribution in [3.8, 4) is 0 Å². The van der Waals surface area contributed by atoms with E-state index in [2.05, 4.69) is 9.99 Å². The van der Waals surface area contributed by atoms with Crippen LogP contribution in [-0.2, 0) is 14.7 Å². The van der Waals surface area contributed by atoms with Crippen molar-refractivity contribution < 1.29 is 18.4 Å². The van der Waals surface area contributed by atoms with Gasteiger partial charge in [-0.1, -0.05) is 23.4 Å². The van der Waals surface area contributed by atoms with Crippen molar-refractivity contribution in [2.75, 3.05) is 6.61 Å². The predicted octanol–water partition coefficient (Wildman–Crippen LogP) is 0.165. The van der Waals surface area contributed by atoms with Crippen molar-refractivity contribution in [1.82, 2.24) is 0 Å². The zero-order valence-corrected chi connectivity index (χ0v) is 8.52. The van der Waals surface area contributed by atoms with E-state index in [0.29, 0.717) is 0 Å². The van der Waals surface area contributed by atoms with Crippen molar-refractivity contribution in [3.63, 3.8) is 0 Å². The molecule has 80 valence electrons. The lowest BCUT2D eigenvalue weighted by molar-refractivity contribution is 0.105. The molecule has 5 nitrogen and oxygen atoms in total. The number of oxime groups is 1. The van der Waals surface area contributed by atoms with Crippen LogP contribution in [0.4, 0.5) is 0 Å². The fourth-order valence-electron chi connectivity index (χ4n) is 1.25. The molecule has 6 heteroatoms. The quantitative estimate of drug-likeness (QED) is 0.741. The maximum absolute atomic E-state index is 11.9. The van der Waals surface area contributed by atoms with E-state index in [1.807, 2.05) is 0 Å². The topological polar surface area (TPSA) is 76.0 Å². The van der Waals surface area contributed by atoms with Gasteiger partial charge in [0.1, 0.15) is 12.7 Å². The fraction of sp³-hybridized carbons (Fsp3) is 0.222. The fourth-order valence-corrected chi connectivity index (χ4v) is 2.59. The third-order valence-electron chi connectivity index (χ3n) is 2.00. The van der Waals surface area contributed by atoms with Crippen LogP contribution < -0.4 is 0 Å². The van der Waals surface area contributed by atoms with Gasteiger partial charge in [0.2, 0.25) is 14.9 Å². The van der Waals surface area contributed by atoms with Crippen LogP contribution in [0.15, 0.2) is 40.4 Å². The summed E-state index contributed by atoms with van der Waals surface area (Å²) >= 11 is 0. The molecule has 2 rings (SSSR count). The summed E-state index contributed by atoms with van der Waals surface area (Å²) in [6, 6.07) is 7.82. The molecular weight excluding hydrogens is 218 g/mol. The van der Waals surface area contributed by atoms with Gasteiger partial charge in [-0.15, -0.1) is 0 Å². The second-order valence-corrected chi connectivity index (χ2v) is 4.95. The maximum Gasteiger partial charge on any atom is 0.226 e. The summed E-state index contributed by atoms with van der Waals surface area (Å²) in [5, 5.41) is 12.4. The van der Waals surface area contributed by atoms with Gasteiger partial charge in [0.05, 0.1) is 4.90 Å². The molecule has 1 heterocycles. The zero-order chi connectivity index (χ0) is 10.9. The molecule has 0 bridgehead atoms. The molecule has 0 unspecified atom stereocenters. The minimum absolute atomic E-state index is 0.105. The van der Waals surface area contributed by atoms with Crippen LogP contribution >= 0.6 is 0 Å². The van der Waals surface area contributed by atoms with Gasteiger partial charge in [-0.05, 0) is 12.1 Å². The van der Waals surface area contributed by atoms with Gasteiger partial charge < -0.3 is 9.94 Å². The van der Waals surface area contributed by atoms with E-state index in [9.17, 15) is 13.5 Å². The summed E-state index contributed by atoms with van der Waals surface area (Å²) in [6.07, 6.45) is -1.17. The lowest BCUT2D eigenvalue weighted by Gasteiger charge is -2.04. The molecule has 15 heavy (non-hydrogen) atoms. The minimum Gasteiger partial charge on any atom is -0.392 e. The van der Waals surface area contributed by atoms with E-state index in [1.54, 1.807) is 18.2 Å². The predicted molar refractivity (Wildman–Crippen MR) is 53.0 cm³/mol. The third kappa shape index (κ3) is 1.73. The van der Waals surface area contributed by atoms with Crippen LogP contribution in [0, 0.1) is 0 Å². The SMILES string of the molecule is O=S(=O)(C1=NOC[C@H]1O)c1ccccc1. The summed E-state index contributed by atoms with van der Waals surface area (Å²) in [4.78, 5) is 4.64. The van der Waals surface area contributed by atoms with Crippen LogP contribution in [0.3, 0.4) is 0 Å². The highest BCUT2D eigenvalue weighted by Gasteiger charge is 2.33. The zero-order valence-electron chi connectivity index (χ0n) is 7.70. The first kappa shape index (κ1) is 10.1. The van der Waals surface area contributed by atoms with Gasteiger partial charge >= 0.3 is 0 Å². The normalized spacial score (nSPS) is 20.9. The molecule has 1 aromatic rings. The number of hydrogen-bond acceptors (Lipinski definition) is 5. The Labute approximate surface area is 86.9 Å². The van der Waals surface area contributed by atoms with Crippen molar-refractivity contribution in [3.05, 3.63) is 30.3 Å². The highest BCUT2D eigenvalue weighted by atomic mass is 32.2. The van der Waals surface area contributed by atoms with Gasteiger partial charge in [0.25, 0.3) is 0 Å². The van der Waals surface area contributed by atoms with E-state index in [-0.39, 0.29) is 16.5 Å². The summed E-state index contributed by atoms with van der Waals surface area (Å²) in [5.41, 5.74) is 0. The number of sulfone groups is 1. The van der Waals surface area contributed by atoms with Gasteiger partial charge in [0.15, 0.2) is 0 Å². The van der Waals surface area contributed by atoms with E-state index in [0.717, 1.165) is 0 Å². The highest BCUT2D eigenvalue weighted by Crippen LogP contribution is 2.17. The van der Waals surface area contributed by atoms with Crippen LogP contribution in [0.2, 0.25) is 0 Å². The first-order valence-electron chi connectivity index (χ1n) is 4.30. The van der Waals surface area contributed by atoms with E-state index < -0.39 is 15.9 Å². The smallest absolute Gasteiger partial charge is 0.226 e. The average Bonchev–Trinajstić information content (AvgIpc) is 2.66. The molecule has 0 amide bonds. The van der Waals surface area contributed by atoms with E-state index >= 15 is 0 Å². The Morgan fingerprint density at radius 2 is 2.00 bits per heavy atom. The van der Waals surface area contributed by atoms with Crippen molar-refractivity contribution in [2.24, 2.45) is 5.16 Å². The average molecular weight is 227 g/mol. The van der Waals surface area contributed by atoms with Crippen LogP contribution in [0.1, 0.15) is 0 Å². The van der Waals surface area contributed by atoms with E-state index in [4.69, 9.17) is 0 Å². The van der Waals surface area contributed by atoms with Crippen molar-refractivity contribution in [2.45, 2.75) is 11.0 Å². The van der Waals surface area contributed by atoms with Crippen LogP contribution in [0.5, 0.6) is 0 Å². The number of rotatable bonds is 1. The molecule has 0 radical (unpaired) electrons. The number of aliphatic hydroxyl groups excluding tert-OH is 1. The third-order valence-corrected chi connectivity index (χ3v) is 3.79. The molecule has 1 N–H and O–H groups in total. The molecule has 0 spiro atoms. The first-order valence-corrected chi connectivity index (χ1v) is 5.79.